The van der Waals surface area contributed by atoms with E-state index in [4.69, 9.17) is 4.84 Å². The van der Waals surface area contributed by atoms with Crippen molar-refractivity contribution in [2.45, 2.75) is 31.8 Å². The van der Waals surface area contributed by atoms with E-state index in [0.717, 1.165) is 19.5 Å². The van der Waals surface area contributed by atoms with Crippen LogP contribution < -0.4 is 0 Å². The number of hydrogen-bond donors (Lipinski definition) is 0. The van der Waals surface area contributed by atoms with Crippen LogP contribution in [0.25, 0.3) is 0 Å². The molecule has 0 aromatic carbocycles. The summed E-state index contributed by atoms with van der Waals surface area (Å²) in [6, 6.07) is 0. The highest BCUT2D eigenvalue weighted by Crippen LogP contribution is 2.37. The van der Waals surface area contributed by atoms with E-state index < -0.39 is 0 Å². The van der Waals surface area contributed by atoms with E-state index in [1.165, 1.54) is 30.5 Å². The molecule has 1 fully saturated rings. The molecule has 2 unspecified atom stereocenters. The molecular formula is C12H18N2O. The van der Waals surface area contributed by atoms with Gasteiger partial charge in [-0.25, -0.2) is 0 Å². The molecule has 0 amide bonds. The van der Waals surface area contributed by atoms with Gasteiger partial charge in [0.1, 0.15) is 6.10 Å². The molecular weight excluding hydrogens is 188 g/mol. The van der Waals surface area contributed by atoms with Gasteiger partial charge in [-0.15, -0.1) is 0 Å². The first-order valence-corrected chi connectivity index (χ1v) is 5.96. The molecule has 0 bridgehead atoms. The molecule has 82 valence electrons. The van der Waals surface area contributed by atoms with Crippen LogP contribution in [0, 0.1) is 5.92 Å². The minimum atomic E-state index is 0.403. The minimum absolute atomic E-state index is 0.403. The number of oxime groups is 1. The van der Waals surface area contributed by atoms with E-state index in [1.807, 2.05) is 0 Å². The monoisotopic (exact) mass is 206 g/mol. The second kappa shape index (κ2) is 3.63. The van der Waals surface area contributed by atoms with Gasteiger partial charge in [0, 0.05) is 19.0 Å². The maximum absolute atomic E-state index is 5.50. The predicted octanol–water partition coefficient (Wildman–Crippen LogP) is 1.80. The maximum Gasteiger partial charge on any atom is 0.136 e. The Bertz CT molecular complexity index is 322. The summed E-state index contributed by atoms with van der Waals surface area (Å²) in [5.41, 5.74) is 2.72. The molecule has 1 aliphatic carbocycles. The fourth-order valence-electron chi connectivity index (χ4n) is 2.86. The summed E-state index contributed by atoms with van der Waals surface area (Å²) >= 11 is 0. The number of fused-ring (bicyclic) bond motifs is 1. The van der Waals surface area contributed by atoms with Crippen molar-refractivity contribution >= 4 is 5.71 Å². The lowest BCUT2D eigenvalue weighted by molar-refractivity contribution is 0.0746. The van der Waals surface area contributed by atoms with Gasteiger partial charge in [-0.05, 0) is 38.3 Å². The summed E-state index contributed by atoms with van der Waals surface area (Å²) in [5, 5.41) is 4.30. The Morgan fingerprint density at radius 2 is 2.40 bits per heavy atom. The molecule has 0 spiro atoms. The molecule has 1 saturated carbocycles. The van der Waals surface area contributed by atoms with Gasteiger partial charge in [-0.3, -0.25) is 0 Å². The molecule has 0 N–H and O–H groups in total. The molecule has 2 aliphatic heterocycles. The van der Waals surface area contributed by atoms with E-state index in [1.54, 1.807) is 0 Å². The zero-order valence-corrected chi connectivity index (χ0v) is 9.28. The third-order valence-corrected chi connectivity index (χ3v) is 3.83. The van der Waals surface area contributed by atoms with Crippen LogP contribution in [0.3, 0.4) is 0 Å². The molecule has 0 aromatic rings. The van der Waals surface area contributed by atoms with Gasteiger partial charge in [0.05, 0.1) is 5.71 Å². The Labute approximate surface area is 90.8 Å². The van der Waals surface area contributed by atoms with Crippen molar-refractivity contribution < 1.29 is 4.84 Å². The maximum atomic E-state index is 5.50. The molecule has 2 atom stereocenters. The van der Waals surface area contributed by atoms with Crippen LogP contribution in [0.2, 0.25) is 0 Å². The van der Waals surface area contributed by atoms with Crippen molar-refractivity contribution in [1.82, 2.24) is 4.90 Å². The van der Waals surface area contributed by atoms with Crippen molar-refractivity contribution in [3.05, 3.63) is 11.6 Å². The Morgan fingerprint density at radius 1 is 1.47 bits per heavy atom. The average Bonchev–Trinajstić information content (AvgIpc) is 2.80. The van der Waals surface area contributed by atoms with Crippen molar-refractivity contribution in [1.29, 1.82) is 0 Å². The zero-order valence-electron chi connectivity index (χ0n) is 9.28. The van der Waals surface area contributed by atoms with Gasteiger partial charge >= 0.3 is 0 Å². The van der Waals surface area contributed by atoms with Crippen LogP contribution in [-0.2, 0) is 4.84 Å². The molecule has 3 aliphatic rings. The molecule has 0 radical (unpaired) electrons. The number of rotatable bonds is 1. The fraction of sp³-hybridized carbons (Fsp3) is 0.750. The zero-order chi connectivity index (χ0) is 10.3. The highest BCUT2D eigenvalue weighted by Gasteiger charge is 2.39. The number of likely N-dealkylation sites (N-methyl/N-ethyl adjacent to an activating group) is 1. The van der Waals surface area contributed by atoms with Crippen LogP contribution in [0.4, 0.5) is 0 Å². The predicted molar refractivity (Wildman–Crippen MR) is 59.8 cm³/mol. The van der Waals surface area contributed by atoms with Gasteiger partial charge < -0.3 is 9.74 Å². The number of hydrogen-bond acceptors (Lipinski definition) is 3. The molecule has 0 saturated heterocycles. The van der Waals surface area contributed by atoms with Gasteiger partial charge in [-0.2, -0.15) is 0 Å². The largest absolute Gasteiger partial charge is 0.392 e. The third-order valence-electron chi connectivity index (χ3n) is 3.83. The second-order valence-corrected chi connectivity index (χ2v) is 4.90. The molecule has 3 rings (SSSR count). The normalized spacial score (nSPS) is 35.8. The first kappa shape index (κ1) is 9.40. The molecule has 0 aromatic heterocycles. The Balaban J connectivity index is 1.77. The van der Waals surface area contributed by atoms with Crippen LogP contribution >= 0.6 is 0 Å². The van der Waals surface area contributed by atoms with Crippen molar-refractivity contribution in [3.8, 4) is 0 Å². The summed E-state index contributed by atoms with van der Waals surface area (Å²) in [6.07, 6.45) is 7.65. The molecule has 3 heteroatoms. The van der Waals surface area contributed by atoms with Crippen molar-refractivity contribution in [2.75, 3.05) is 20.1 Å². The van der Waals surface area contributed by atoms with Crippen LogP contribution in [-0.4, -0.2) is 36.9 Å². The Kier molecular flexibility index (Phi) is 2.28. The average molecular weight is 206 g/mol. The van der Waals surface area contributed by atoms with Gasteiger partial charge in [0.15, 0.2) is 0 Å². The van der Waals surface area contributed by atoms with Crippen LogP contribution in [0.5, 0.6) is 0 Å². The topological polar surface area (TPSA) is 24.8 Å². The lowest BCUT2D eigenvalue weighted by Crippen LogP contribution is -2.28. The summed E-state index contributed by atoms with van der Waals surface area (Å²) < 4.78 is 0. The molecule has 15 heavy (non-hydrogen) atoms. The smallest absolute Gasteiger partial charge is 0.136 e. The van der Waals surface area contributed by atoms with Gasteiger partial charge in [0.2, 0.25) is 0 Å². The first-order valence-electron chi connectivity index (χ1n) is 5.96. The van der Waals surface area contributed by atoms with Crippen LogP contribution in [0.1, 0.15) is 25.7 Å². The van der Waals surface area contributed by atoms with E-state index in [0.29, 0.717) is 12.0 Å². The van der Waals surface area contributed by atoms with Gasteiger partial charge in [-0.1, -0.05) is 11.2 Å². The second-order valence-electron chi connectivity index (χ2n) is 4.90. The Hall–Kier alpha value is -0.830. The van der Waals surface area contributed by atoms with E-state index in [-0.39, 0.29) is 0 Å². The quantitative estimate of drug-likeness (QED) is 0.653. The van der Waals surface area contributed by atoms with Crippen LogP contribution in [0.15, 0.2) is 16.8 Å². The summed E-state index contributed by atoms with van der Waals surface area (Å²) in [5.74, 6) is 0.611. The SMILES string of the molecule is CN1CC=C(C2=NOC3CCCC23)CC1. The summed E-state index contributed by atoms with van der Waals surface area (Å²) in [7, 11) is 2.17. The van der Waals surface area contributed by atoms with E-state index >= 15 is 0 Å². The van der Waals surface area contributed by atoms with E-state index in [2.05, 4.69) is 23.2 Å². The minimum Gasteiger partial charge on any atom is -0.392 e. The van der Waals surface area contributed by atoms with Crippen molar-refractivity contribution in [3.63, 3.8) is 0 Å². The van der Waals surface area contributed by atoms with Crippen molar-refractivity contribution in [2.24, 2.45) is 11.1 Å². The molecule has 3 nitrogen and oxygen atoms in total. The Morgan fingerprint density at radius 3 is 3.20 bits per heavy atom. The standard InChI is InChI=1S/C12H18N2O/c1-14-7-5-9(6-8-14)12-10-3-2-4-11(10)15-13-12/h5,10-11H,2-4,6-8H2,1H3. The molecule has 2 heterocycles. The van der Waals surface area contributed by atoms with Gasteiger partial charge in [0.25, 0.3) is 0 Å². The summed E-state index contributed by atoms with van der Waals surface area (Å²) in [6.45, 7) is 2.22. The summed E-state index contributed by atoms with van der Waals surface area (Å²) in [4.78, 5) is 7.84. The number of nitrogens with zero attached hydrogens (tertiary/aromatic N) is 2. The first-order chi connectivity index (χ1) is 7.34. The third kappa shape index (κ3) is 1.59. The highest BCUT2D eigenvalue weighted by atomic mass is 16.6. The lowest BCUT2D eigenvalue weighted by Gasteiger charge is -2.22. The van der Waals surface area contributed by atoms with E-state index in [9.17, 15) is 0 Å². The highest BCUT2D eigenvalue weighted by molar-refractivity contribution is 6.02. The lowest BCUT2D eigenvalue weighted by atomic mass is 9.91. The fourth-order valence-corrected chi connectivity index (χ4v) is 2.86.